The molecule has 3 amide bonds. The summed E-state index contributed by atoms with van der Waals surface area (Å²) in [5.74, 6) is -1.24. The van der Waals surface area contributed by atoms with Crippen LogP contribution in [0.2, 0.25) is 0 Å². The minimum Gasteiger partial charge on any atom is -0.494 e. The first-order valence-electron chi connectivity index (χ1n) is 17.2. The molecule has 3 aliphatic rings. The molecule has 3 saturated heterocycles. The lowest BCUT2D eigenvalue weighted by Gasteiger charge is -2.42. The van der Waals surface area contributed by atoms with E-state index in [1.54, 1.807) is 45.5 Å². The fraction of sp³-hybridized carbons (Fsp3) is 0.500. The van der Waals surface area contributed by atoms with Crippen molar-refractivity contribution in [1.82, 2.24) is 4.90 Å². The Morgan fingerprint density at radius 3 is 2.04 bits per heavy atom. The van der Waals surface area contributed by atoms with Crippen LogP contribution in [-0.4, -0.2) is 89.2 Å². The van der Waals surface area contributed by atoms with E-state index < -0.39 is 28.7 Å². The second kappa shape index (κ2) is 14.8. The summed E-state index contributed by atoms with van der Waals surface area (Å²) in [6, 6.07) is 13.8. The molecule has 9 nitrogen and oxygen atoms in total. The molecule has 3 fully saturated rings. The van der Waals surface area contributed by atoms with Crippen LogP contribution in [0, 0.1) is 17.8 Å². The predicted molar refractivity (Wildman–Crippen MR) is 195 cm³/mol. The zero-order valence-electron chi connectivity index (χ0n) is 28.9. The smallest absolute Gasteiger partial charge is 0.251 e. The predicted octanol–water partition coefficient (Wildman–Crippen LogP) is 5.39. The van der Waals surface area contributed by atoms with Crippen molar-refractivity contribution in [1.29, 1.82) is 0 Å². The number of carbonyl (C=O) groups excluding carboxylic acids is 3. The molecular formula is C38H50N4O5S. The van der Waals surface area contributed by atoms with E-state index in [1.165, 1.54) is 0 Å². The maximum absolute atomic E-state index is 15.0. The van der Waals surface area contributed by atoms with Crippen LogP contribution in [0.4, 0.5) is 17.1 Å². The number of hydrogen-bond donors (Lipinski definition) is 1. The van der Waals surface area contributed by atoms with Crippen LogP contribution in [0.1, 0.15) is 41.0 Å². The van der Waals surface area contributed by atoms with E-state index in [2.05, 4.69) is 38.8 Å². The number of amides is 3. The standard InChI is InChI=1S/C38H50N4O5S/c1-8-21-40(29-17-19-30(20-18-29)47-12-5)35(44)32-31-23-25(6)38(48-31)33(32)36(45)42(26(7)24-43)34(38)37(46)41(22-9-2)28-15-13-27(14-16-28)39(10-3)11-4/h8-9,13-20,25-26,31-34,43H,1-2,10-12,21-24H2,3-7H3/t25?,26-,31+,32-,33+,34?,38?/m1/s1. The Hall–Kier alpha value is -3.76. The Morgan fingerprint density at radius 2 is 1.52 bits per heavy atom. The van der Waals surface area contributed by atoms with Crippen molar-refractivity contribution in [3.8, 4) is 5.75 Å². The zero-order valence-corrected chi connectivity index (χ0v) is 29.7. The number of nitrogens with zero attached hydrogens (tertiary/aromatic N) is 4. The highest BCUT2D eigenvalue weighted by atomic mass is 32.2. The first-order valence-corrected chi connectivity index (χ1v) is 18.0. The summed E-state index contributed by atoms with van der Waals surface area (Å²) < 4.78 is 4.78. The average molecular weight is 675 g/mol. The van der Waals surface area contributed by atoms with E-state index in [0.717, 1.165) is 18.8 Å². The van der Waals surface area contributed by atoms with Crippen molar-refractivity contribution in [2.45, 2.75) is 63.1 Å². The van der Waals surface area contributed by atoms with Crippen molar-refractivity contribution in [3.05, 3.63) is 73.8 Å². The molecule has 5 rings (SSSR count). The van der Waals surface area contributed by atoms with Gasteiger partial charge in [-0.15, -0.1) is 24.9 Å². The van der Waals surface area contributed by atoms with E-state index in [1.807, 2.05) is 55.5 Å². The normalized spacial score (nSPS) is 26.2. The number of fused-ring (bicyclic) bond motifs is 1. The van der Waals surface area contributed by atoms with E-state index in [-0.39, 0.29) is 48.6 Å². The van der Waals surface area contributed by atoms with E-state index in [4.69, 9.17) is 4.74 Å². The topological polar surface area (TPSA) is 93.6 Å². The summed E-state index contributed by atoms with van der Waals surface area (Å²) in [5.41, 5.74) is 2.48. The van der Waals surface area contributed by atoms with Crippen LogP contribution in [0.5, 0.6) is 5.75 Å². The number of carbonyl (C=O) groups is 3. The fourth-order valence-corrected chi connectivity index (χ4v) is 10.5. The second-order valence-corrected chi connectivity index (χ2v) is 14.5. The fourth-order valence-electron chi connectivity index (χ4n) is 8.14. The van der Waals surface area contributed by atoms with Crippen molar-refractivity contribution in [2.75, 3.05) is 54.1 Å². The van der Waals surface area contributed by atoms with Gasteiger partial charge in [0.15, 0.2) is 0 Å². The van der Waals surface area contributed by atoms with Gasteiger partial charge in [-0.3, -0.25) is 14.4 Å². The van der Waals surface area contributed by atoms with Gasteiger partial charge >= 0.3 is 0 Å². The number of aliphatic hydroxyl groups excluding tert-OH is 1. The third-order valence-corrected chi connectivity index (χ3v) is 12.4. The van der Waals surface area contributed by atoms with Crippen LogP contribution in [-0.2, 0) is 14.4 Å². The van der Waals surface area contributed by atoms with Crippen LogP contribution >= 0.6 is 11.8 Å². The number of ether oxygens (including phenoxy) is 1. The van der Waals surface area contributed by atoms with Crippen molar-refractivity contribution in [2.24, 2.45) is 17.8 Å². The van der Waals surface area contributed by atoms with Crippen LogP contribution in [0.25, 0.3) is 0 Å². The van der Waals surface area contributed by atoms with Gasteiger partial charge in [-0.25, -0.2) is 0 Å². The SMILES string of the molecule is C=CCN(C(=O)C1N([C@H](C)CO)C(=O)[C@@H]2[C@H](C(=O)N(CC=C)c3ccc(OCC)cc3)[C@@H]3CC(C)C12S3)c1ccc(N(CC)CC)cc1. The van der Waals surface area contributed by atoms with E-state index in [9.17, 15) is 19.5 Å². The largest absolute Gasteiger partial charge is 0.494 e. The van der Waals surface area contributed by atoms with Crippen LogP contribution < -0.4 is 19.4 Å². The number of aliphatic hydroxyl groups is 1. The molecule has 258 valence electrons. The molecule has 48 heavy (non-hydrogen) atoms. The molecule has 0 radical (unpaired) electrons. The third kappa shape index (κ3) is 5.91. The highest BCUT2D eigenvalue weighted by molar-refractivity contribution is 8.02. The van der Waals surface area contributed by atoms with Crippen molar-refractivity contribution < 1.29 is 24.2 Å². The second-order valence-electron chi connectivity index (χ2n) is 12.9. The Kier molecular flexibility index (Phi) is 10.9. The van der Waals surface area contributed by atoms with Crippen molar-refractivity contribution in [3.63, 3.8) is 0 Å². The van der Waals surface area contributed by atoms with Gasteiger partial charge in [-0.1, -0.05) is 19.1 Å². The first-order chi connectivity index (χ1) is 23.1. The summed E-state index contributed by atoms with van der Waals surface area (Å²) in [7, 11) is 0. The molecule has 0 aromatic heterocycles. The highest BCUT2D eigenvalue weighted by Crippen LogP contribution is 2.69. The number of anilines is 3. The zero-order chi connectivity index (χ0) is 34.7. The quantitative estimate of drug-likeness (QED) is 0.254. The lowest BCUT2D eigenvalue weighted by atomic mass is 9.65. The minimum absolute atomic E-state index is 0.00991. The Morgan fingerprint density at radius 1 is 0.979 bits per heavy atom. The third-order valence-electron chi connectivity index (χ3n) is 10.3. The molecule has 0 saturated carbocycles. The summed E-state index contributed by atoms with van der Waals surface area (Å²) in [5, 5.41) is 10.3. The molecule has 1 N–H and O–H groups in total. The number of rotatable bonds is 15. The minimum atomic E-state index is -0.860. The number of hydrogen-bond acceptors (Lipinski definition) is 7. The number of benzene rings is 2. The van der Waals surface area contributed by atoms with Crippen LogP contribution in [0.3, 0.4) is 0 Å². The maximum atomic E-state index is 15.0. The summed E-state index contributed by atoms with van der Waals surface area (Å²) in [6.07, 6.45) is 4.09. The molecule has 3 heterocycles. The Labute approximate surface area is 289 Å². The number of likely N-dealkylation sites (tertiary alicyclic amines) is 1. The van der Waals surface area contributed by atoms with Crippen molar-refractivity contribution >= 4 is 46.5 Å². The van der Waals surface area contributed by atoms with E-state index >= 15 is 0 Å². The molecular weight excluding hydrogens is 625 g/mol. The van der Waals surface area contributed by atoms with Gasteiger partial charge in [-0.2, -0.15) is 0 Å². The molecule has 2 aromatic rings. The molecule has 2 bridgehead atoms. The Bertz CT molecular complexity index is 1500. The summed E-state index contributed by atoms with van der Waals surface area (Å²) >= 11 is 1.63. The lowest BCUT2D eigenvalue weighted by molar-refractivity contribution is -0.141. The molecule has 1 spiro atoms. The van der Waals surface area contributed by atoms with Gasteiger partial charge in [0, 0.05) is 48.5 Å². The molecule has 2 aromatic carbocycles. The number of thioether (sulfide) groups is 1. The average Bonchev–Trinajstić information content (AvgIpc) is 3.70. The van der Waals surface area contributed by atoms with Gasteiger partial charge < -0.3 is 29.4 Å². The molecule has 3 unspecified atom stereocenters. The van der Waals surface area contributed by atoms with Crippen LogP contribution in [0.15, 0.2) is 73.8 Å². The molecule has 7 atom stereocenters. The molecule has 0 aliphatic carbocycles. The van der Waals surface area contributed by atoms with Gasteiger partial charge in [0.05, 0.1) is 35.8 Å². The van der Waals surface area contributed by atoms with E-state index in [0.29, 0.717) is 30.2 Å². The lowest BCUT2D eigenvalue weighted by Crippen LogP contribution is -2.59. The van der Waals surface area contributed by atoms with Gasteiger partial charge in [0.25, 0.3) is 5.91 Å². The first kappa shape index (κ1) is 35.5. The van der Waals surface area contributed by atoms with Gasteiger partial charge in [0.1, 0.15) is 11.8 Å². The maximum Gasteiger partial charge on any atom is 0.251 e. The highest BCUT2D eigenvalue weighted by Gasteiger charge is 2.76. The molecule has 10 heteroatoms. The summed E-state index contributed by atoms with van der Waals surface area (Å²) in [6.45, 7) is 20.4. The van der Waals surface area contributed by atoms with Gasteiger partial charge in [0.2, 0.25) is 11.8 Å². The molecule has 3 aliphatic heterocycles. The summed E-state index contributed by atoms with van der Waals surface area (Å²) in [4.78, 5) is 51.5. The monoisotopic (exact) mass is 674 g/mol. The van der Waals surface area contributed by atoms with Gasteiger partial charge in [-0.05, 0) is 88.6 Å². The Balaban J connectivity index is 1.55.